The number of aryl methyl sites for hydroxylation is 1. The molecule has 7 heterocycles. The second-order valence-electron chi connectivity index (χ2n) is 11.3. The number of nitrogens with two attached hydrogens (primary N) is 1. The normalized spacial score (nSPS) is 18.4. The minimum Gasteiger partial charge on any atom is -0.357 e. The number of aromatic nitrogens is 2. The van der Waals surface area contributed by atoms with Gasteiger partial charge in [0.15, 0.2) is 18.1 Å². The summed E-state index contributed by atoms with van der Waals surface area (Å²) in [5.74, 6) is -1.32. The van der Waals surface area contributed by atoms with Crippen LogP contribution in [0.3, 0.4) is 0 Å². The molecule has 0 saturated carbocycles. The van der Waals surface area contributed by atoms with Crippen LogP contribution < -0.4 is 9.88 Å². The van der Waals surface area contributed by atoms with Gasteiger partial charge in [0.2, 0.25) is 0 Å². The fourth-order valence-corrected chi connectivity index (χ4v) is 6.12. The molecule has 0 fully saturated rings. The molecule has 8 rings (SSSR count). The topological polar surface area (TPSA) is 64.2 Å². The van der Waals surface area contributed by atoms with Crippen molar-refractivity contribution in [1.82, 2.24) is 9.88 Å². The van der Waals surface area contributed by atoms with Gasteiger partial charge < -0.3 is 9.88 Å². The highest BCUT2D eigenvalue weighted by molar-refractivity contribution is 6.32. The predicted molar refractivity (Wildman–Crippen MR) is 172 cm³/mol. The lowest BCUT2D eigenvalue weighted by atomic mass is 9.99. The number of fused-ring (bicyclic) bond motifs is 6. The molecule has 2 aromatic heterocycles. The van der Waals surface area contributed by atoms with Crippen LogP contribution in [-0.4, -0.2) is 28.4 Å². The van der Waals surface area contributed by atoms with E-state index in [-0.39, 0.29) is 5.56 Å². The number of allylic oxidation sites excluding steroid dienone is 11. The van der Waals surface area contributed by atoms with Gasteiger partial charge in [-0.1, -0.05) is 6.07 Å². The molecule has 0 amide bonds. The molecule has 3 N–H and O–H groups in total. The van der Waals surface area contributed by atoms with Gasteiger partial charge in [-0.15, -0.1) is 0 Å². The van der Waals surface area contributed by atoms with Crippen molar-refractivity contribution < 1.29 is 18.7 Å². The molecule has 0 spiro atoms. The number of aliphatic imine (C=N–C) groups is 2. The van der Waals surface area contributed by atoms with Crippen LogP contribution >= 0.6 is 0 Å². The molecular weight excluding hydrogens is 566 g/mol. The molecule has 0 saturated heterocycles. The van der Waals surface area contributed by atoms with E-state index in [1.54, 1.807) is 0 Å². The molecule has 6 nitrogen and oxygen atoms in total. The van der Waals surface area contributed by atoms with Crippen LogP contribution in [0, 0.1) is 11.6 Å². The van der Waals surface area contributed by atoms with Gasteiger partial charge in [0.05, 0.1) is 28.3 Å². The van der Waals surface area contributed by atoms with Crippen molar-refractivity contribution in [3.8, 4) is 0 Å². The molecule has 8 heteroatoms. The summed E-state index contributed by atoms with van der Waals surface area (Å²) in [5, 5.41) is 2.12. The summed E-state index contributed by atoms with van der Waals surface area (Å²) in [6.45, 7) is 0. The first-order valence-corrected chi connectivity index (χ1v) is 14.7. The van der Waals surface area contributed by atoms with Crippen molar-refractivity contribution in [2.24, 2.45) is 17.0 Å². The van der Waals surface area contributed by atoms with Gasteiger partial charge in [0.25, 0.3) is 0 Å². The van der Waals surface area contributed by atoms with Crippen molar-refractivity contribution in [3.63, 3.8) is 0 Å². The number of nitrogens with zero attached hydrogens (tertiary/aromatic N) is 4. The second-order valence-corrected chi connectivity index (χ2v) is 11.3. The molecule has 0 aliphatic carbocycles. The predicted octanol–water partition coefficient (Wildman–Crippen LogP) is 5.39. The number of hydrogen-bond acceptors (Lipinski definition) is 3. The maximum Gasteiger partial charge on any atom is 0.169 e. The van der Waals surface area contributed by atoms with Gasteiger partial charge in [-0.05, 0) is 66.3 Å². The second kappa shape index (κ2) is 10.5. The first-order chi connectivity index (χ1) is 21.9. The lowest BCUT2D eigenvalue weighted by Gasteiger charge is -2.16. The van der Waals surface area contributed by atoms with E-state index >= 15 is 8.78 Å². The van der Waals surface area contributed by atoms with E-state index in [9.17, 15) is 0 Å². The maximum atomic E-state index is 15.5. The molecule has 8 bridgehead atoms. The molecule has 45 heavy (non-hydrogen) atoms. The van der Waals surface area contributed by atoms with Crippen LogP contribution in [0.25, 0.3) is 16.7 Å². The summed E-state index contributed by atoms with van der Waals surface area (Å²) in [4.78, 5) is 15.6. The minimum atomic E-state index is -0.661. The lowest BCUT2D eigenvalue weighted by molar-refractivity contribution is -0.671. The van der Waals surface area contributed by atoms with Gasteiger partial charge in [0, 0.05) is 71.8 Å². The third-order valence-corrected chi connectivity index (χ3v) is 8.36. The molecule has 3 aromatic rings. The molecule has 1 aromatic carbocycles. The summed E-state index contributed by atoms with van der Waals surface area (Å²) in [6.07, 6.45) is 24.0. The molecule has 218 valence electrons. The Labute approximate surface area is 258 Å². The monoisotopic (exact) mass is 594 g/mol. The number of hydrogen-bond donors (Lipinski definition) is 2. The molecule has 0 atom stereocenters. The van der Waals surface area contributed by atoms with Gasteiger partial charge in [0.1, 0.15) is 30.1 Å². The average molecular weight is 595 g/mol. The van der Waals surface area contributed by atoms with Crippen LogP contribution in [0.15, 0.2) is 154 Å². The maximum absolute atomic E-state index is 15.5. The number of pyridine rings is 1. The standard InChI is InChI=1S/C37H26F2N6/c1-44-18-14-22(15-19-44)34-28-8-6-26(40-28)27-7-9-29(41-27)35(23-16-20-45(2)21-17-23)31-11-13-33(43-31)37(32-12-10-30(34)42-32)36-24(38)4-3-5-25(36)39/h3-21H,1-2H3,(H,42,43)/p+2. The Morgan fingerprint density at radius 3 is 2.04 bits per heavy atom. The largest absolute Gasteiger partial charge is 0.357 e. The number of quaternary nitrogens is 1. The Morgan fingerprint density at radius 2 is 1.31 bits per heavy atom. The van der Waals surface area contributed by atoms with Crippen molar-refractivity contribution in [2.45, 2.75) is 0 Å². The summed E-state index contributed by atoms with van der Waals surface area (Å²) in [5.41, 5.74) is 10.0. The third-order valence-electron chi connectivity index (χ3n) is 8.36. The zero-order valence-electron chi connectivity index (χ0n) is 24.6. The number of nitrogens with one attached hydrogen (secondary N) is 1. The summed E-state index contributed by atoms with van der Waals surface area (Å²) in [7, 11) is 3.94. The Kier molecular flexibility index (Phi) is 6.25. The van der Waals surface area contributed by atoms with E-state index < -0.39 is 11.6 Å². The molecule has 5 aliphatic heterocycles. The van der Waals surface area contributed by atoms with Gasteiger partial charge in [-0.3, -0.25) is 5.32 Å². The Morgan fingerprint density at radius 1 is 0.689 bits per heavy atom. The van der Waals surface area contributed by atoms with E-state index in [0.717, 1.165) is 50.8 Å². The van der Waals surface area contributed by atoms with Gasteiger partial charge in [-0.25, -0.2) is 23.3 Å². The van der Waals surface area contributed by atoms with Crippen molar-refractivity contribution >= 4 is 28.1 Å². The molecular formula is C37H28F2N6+2. The van der Waals surface area contributed by atoms with E-state index in [4.69, 9.17) is 9.98 Å². The number of benzene rings is 1. The third kappa shape index (κ3) is 4.63. The van der Waals surface area contributed by atoms with Crippen molar-refractivity contribution in [1.29, 1.82) is 0 Å². The zero-order valence-corrected chi connectivity index (χ0v) is 24.6. The Bertz CT molecular complexity index is 2120. The van der Waals surface area contributed by atoms with E-state index in [1.165, 1.54) is 18.2 Å². The van der Waals surface area contributed by atoms with E-state index in [0.29, 0.717) is 22.7 Å². The molecule has 5 aliphatic rings. The number of aromatic amines is 1. The first-order valence-electron chi connectivity index (χ1n) is 14.7. The summed E-state index contributed by atoms with van der Waals surface area (Å²) in [6, 6.07) is 11.8. The first kappa shape index (κ1) is 26.9. The number of halogens is 2. The lowest BCUT2D eigenvalue weighted by Crippen LogP contribution is -2.77. The highest BCUT2D eigenvalue weighted by Crippen LogP contribution is 2.37. The zero-order chi connectivity index (χ0) is 30.7. The molecule has 0 radical (unpaired) electrons. The van der Waals surface area contributed by atoms with Crippen LogP contribution in [-0.2, 0) is 7.05 Å². The van der Waals surface area contributed by atoms with Crippen molar-refractivity contribution in [3.05, 3.63) is 178 Å². The molecule has 0 unspecified atom stereocenters. The summed E-state index contributed by atoms with van der Waals surface area (Å²) < 4.78 is 33.0. The number of H-pyrrole nitrogens is 1. The van der Waals surface area contributed by atoms with Gasteiger partial charge >= 0.3 is 0 Å². The van der Waals surface area contributed by atoms with Crippen LogP contribution in [0.4, 0.5) is 8.78 Å². The van der Waals surface area contributed by atoms with E-state index in [1.807, 2.05) is 109 Å². The highest BCUT2D eigenvalue weighted by atomic mass is 19.1. The van der Waals surface area contributed by atoms with Crippen LogP contribution in [0.2, 0.25) is 0 Å². The van der Waals surface area contributed by atoms with Crippen molar-refractivity contribution in [2.75, 3.05) is 7.05 Å². The van der Waals surface area contributed by atoms with E-state index in [2.05, 4.69) is 22.5 Å². The number of rotatable bonds is 2. The van der Waals surface area contributed by atoms with Crippen LogP contribution in [0.1, 0.15) is 22.5 Å². The Balaban J connectivity index is 1.44. The quantitative estimate of drug-likeness (QED) is 0.384. The summed E-state index contributed by atoms with van der Waals surface area (Å²) >= 11 is 0. The smallest absolute Gasteiger partial charge is 0.169 e. The Hall–Kier alpha value is -5.73. The minimum absolute atomic E-state index is 0.134. The highest BCUT2D eigenvalue weighted by Gasteiger charge is 2.29. The fraction of sp³-hybridized carbons (Fsp3) is 0.0541. The van der Waals surface area contributed by atoms with Gasteiger partial charge in [-0.2, -0.15) is 0 Å². The SMILES string of the molecule is CN1C=CC(=C2C3=NC(=C4C=CC(=C(c5cc[n+](C)cc5)C5=NC(=C(c6c(F)cccc6F)c6ccc2[nH]6)C=C5)[NH2+]4)C=C3)C=C1. The average Bonchev–Trinajstić information content (AvgIpc) is 3.86. The van der Waals surface area contributed by atoms with Crippen LogP contribution in [0.5, 0.6) is 0 Å². The fourth-order valence-electron chi connectivity index (χ4n) is 6.12.